The third-order valence-corrected chi connectivity index (χ3v) is 2.64. The number of hydrogen-bond donors (Lipinski definition) is 1. The fourth-order valence-corrected chi connectivity index (χ4v) is 2.01. The van der Waals surface area contributed by atoms with E-state index >= 15 is 0 Å². The first kappa shape index (κ1) is 8.96. The van der Waals surface area contributed by atoms with Crippen LogP contribution in [0.25, 0.3) is 10.1 Å². The second-order valence-corrected chi connectivity index (χ2v) is 3.66. The molecule has 0 aliphatic rings. The van der Waals surface area contributed by atoms with Gasteiger partial charge in [-0.05, 0) is 23.6 Å². The zero-order valence-electron chi connectivity index (χ0n) is 6.86. The van der Waals surface area contributed by atoms with Crippen molar-refractivity contribution in [1.29, 1.82) is 0 Å². The molecule has 0 spiro atoms. The molecule has 1 N–H and O–H groups in total. The van der Waals surface area contributed by atoms with E-state index in [1.165, 1.54) is 18.2 Å². The van der Waals surface area contributed by atoms with E-state index in [0.717, 1.165) is 16.0 Å². The van der Waals surface area contributed by atoms with Crippen molar-refractivity contribution in [2.45, 2.75) is 0 Å². The van der Waals surface area contributed by atoms with Crippen LogP contribution in [0, 0.1) is 5.82 Å². The van der Waals surface area contributed by atoms with E-state index in [1.54, 1.807) is 6.07 Å². The maximum Gasteiger partial charge on any atom is 0.512 e. The first-order valence-corrected chi connectivity index (χ1v) is 4.57. The Kier molecular flexibility index (Phi) is 2.09. The van der Waals surface area contributed by atoms with E-state index in [4.69, 9.17) is 5.11 Å². The Labute approximate surface area is 82.4 Å². The summed E-state index contributed by atoms with van der Waals surface area (Å²) in [5.74, 6) is -0.350. The Hall–Kier alpha value is -1.62. The topological polar surface area (TPSA) is 46.5 Å². The summed E-state index contributed by atoms with van der Waals surface area (Å²) in [4.78, 5) is 10.2. The average Bonchev–Trinajstić information content (AvgIpc) is 2.44. The molecule has 14 heavy (non-hydrogen) atoms. The van der Waals surface area contributed by atoms with Crippen LogP contribution >= 0.6 is 11.3 Å². The van der Waals surface area contributed by atoms with Crippen LogP contribution in [0.3, 0.4) is 0 Å². The lowest BCUT2D eigenvalue weighted by Crippen LogP contribution is -2.00. The zero-order chi connectivity index (χ0) is 10.1. The molecular weight excluding hydrogens is 207 g/mol. The van der Waals surface area contributed by atoms with Crippen molar-refractivity contribution in [3.05, 3.63) is 30.1 Å². The number of hydrogen-bond acceptors (Lipinski definition) is 3. The van der Waals surface area contributed by atoms with Crippen LogP contribution in [-0.4, -0.2) is 11.3 Å². The minimum Gasteiger partial charge on any atom is -0.449 e. The Morgan fingerprint density at radius 2 is 2.21 bits per heavy atom. The van der Waals surface area contributed by atoms with Gasteiger partial charge in [-0.1, -0.05) is 11.3 Å². The van der Waals surface area contributed by atoms with Gasteiger partial charge >= 0.3 is 6.16 Å². The molecule has 0 aliphatic carbocycles. The van der Waals surface area contributed by atoms with Gasteiger partial charge in [-0.25, -0.2) is 9.18 Å². The first-order valence-electron chi connectivity index (χ1n) is 3.75. The Bertz CT molecular complexity index is 492. The second-order valence-electron chi connectivity index (χ2n) is 2.62. The summed E-state index contributed by atoms with van der Waals surface area (Å²) < 4.78 is 18.0. The van der Waals surface area contributed by atoms with E-state index in [1.807, 2.05) is 0 Å². The molecule has 0 bridgehead atoms. The molecule has 5 heteroatoms. The summed E-state index contributed by atoms with van der Waals surface area (Å²) in [6.07, 6.45) is -1.36. The van der Waals surface area contributed by atoms with Crippen LogP contribution in [0.5, 0.6) is 5.06 Å². The largest absolute Gasteiger partial charge is 0.512 e. The summed E-state index contributed by atoms with van der Waals surface area (Å²) in [7, 11) is 0. The highest BCUT2D eigenvalue weighted by Crippen LogP contribution is 2.31. The van der Waals surface area contributed by atoms with E-state index in [2.05, 4.69) is 4.74 Å². The predicted molar refractivity (Wildman–Crippen MR) is 50.4 cm³/mol. The second kappa shape index (κ2) is 3.26. The number of benzene rings is 1. The van der Waals surface area contributed by atoms with Crippen molar-refractivity contribution in [3.8, 4) is 5.06 Å². The minimum atomic E-state index is -1.36. The molecule has 2 rings (SSSR count). The van der Waals surface area contributed by atoms with Gasteiger partial charge in [0.25, 0.3) is 0 Å². The molecule has 0 atom stereocenters. The monoisotopic (exact) mass is 212 g/mol. The summed E-state index contributed by atoms with van der Waals surface area (Å²) in [5.41, 5.74) is 0. The van der Waals surface area contributed by atoms with Gasteiger partial charge in [0.1, 0.15) is 5.82 Å². The average molecular weight is 212 g/mol. The highest BCUT2D eigenvalue weighted by atomic mass is 32.1. The molecule has 3 nitrogen and oxygen atoms in total. The predicted octanol–water partition coefficient (Wildman–Crippen LogP) is 3.10. The molecule has 0 radical (unpaired) electrons. The van der Waals surface area contributed by atoms with Crippen LogP contribution in [0.2, 0.25) is 0 Å². The maximum absolute atomic E-state index is 12.8. The molecular formula is C9H5FO3S. The van der Waals surface area contributed by atoms with Crippen LogP contribution in [0.4, 0.5) is 9.18 Å². The molecule has 72 valence electrons. The van der Waals surface area contributed by atoms with Crippen molar-refractivity contribution < 1.29 is 19.0 Å². The van der Waals surface area contributed by atoms with Gasteiger partial charge in [-0.3, -0.25) is 0 Å². The molecule has 0 saturated carbocycles. The Morgan fingerprint density at radius 3 is 2.93 bits per heavy atom. The normalized spacial score (nSPS) is 10.4. The van der Waals surface area contributed by atoms with Gasteiger partial charge in [-0.2, -0.15) is 0 Å². The number of halogens is 1. The molecule has 1 aromatic heterocycles. The standard InChI is InChI=1S/C9H5FO3S/c10-6-1-2-7-5(3-6)4-8(14-7)13-9(11)12/h1-4H,(H,11,12). The van der Waals surface area contributed by atoms with E-state index < -0.39 is 6.16 Å². The molecule has 0 saturated heterocycles. The SMILES string of the molecule is O=C(O)Oc1cc2cc(F)ccc2s1. The van der Waals surface area contributed by atoms with Gasteiger partial charge < -0.3 is 9.84 Å². The third kappa shape index (κ3) is 1.67. The number of thiophene rings is 1. The van der Waals surface area contributed by atoms with Crippen molar-refractivity contribution in [3.63, 3.8) is 0 Å². The van der Waals surface area contributed by atoms with Gasteiger partial charge in [0.15, 0.2) is 5.06 Å². The van der Waals surface area contributed by atoms with Crippen molar-refractivity contribution in [2.24, 2.45) is 0 Å². The number of carboxylic acid groups (broad SMARTS) is 1. The summed E-state index contributed by atoms with van der Waals surface area (Å²) in [6, 6.07) is 5.74. The summed E-state index contributed by atoms with van der Waals surface area (Å²) >= 11 is 1.16. The number of carbonyl (C=O) groups is 1. The van der Waals surface area contributed by atoms with Crippen LogP contribution in [0.1, 0.15) is 0 Å². The van der Waals surface area contributed by atoms with E-state index in [0.29, 0.717) is 5.39 Å². The van der Waals surface area contributed by atoms with E-state index in [-0.39, 0.29) is 10.9 Å². The highest BCUT2D eigenvalue weighted by molar-refractivity contribution is 7.20. The smallest absolute Gasteiger partial charge is 0.449 e. The third-order valence-electron chi connectivity index (χ3n) is 1.64. The quantitative estimate of drug-likeness (QED) is 0.739. The van der Waals surface area contributed by atoms with Crippen molar-refractivity contribution >= 4 is 27.6 Å². The van der Waals surface area contributed by atoms with Gasteiger partial charge in [0, 0.05) is 10.8 Å². The molecule has 2 aromatic rings. The lowest BCUT2D eigenvalue weighted by Gasteiger charge is -1.90. The van der Waals surface area contributed by atoms with Crippen molar-refractivity contribution in [2.75, 3.05) is 0 Å². The fraction of sp³-hybridized carbons (Fsp3) is 0. The maximum atomic E-state index is 12.8. The molecule has 0 unspecified atom stereocenters. The van der Waals surface area contributed by atoms with E-state index in [9.17, 15) is 9.18 Å². The number of fused-ring (bicyclic) bond motifs is 1. The Balaban J connectivity index is 2.46. The van der Waals surface area contributed by atoms with Crippen LogP contribution in [-0.2, 0) is 0 Å². The molecule has 0 fully saturated rings. The van der Waals surface area contributed by atoms with Crippen LogP contribution in [0.15, 0.2) is 24.3 Å². The summed E-state index contributed by atoms with van der Waals surface area (Å²) in [6.45, 7) is 0. The molecule has 0 aliphatic heterocycles. The van der Waals surface area contributed by atoms with Gasteiger partial charge in [-0.15, -0.1) is 0 Å². The van der Waals surface area contributed by atoms with Gasteiger partial charge in [0.05, 0.1) is 0 Å². The molecule has 1 aromatic carbocycles. The Morgan fingerprint density at radius 1 is 1.43 bits per heavy atom. The lowest BCUT2D eigenvalue weighted by atomic mass is 10.2. The first-order chi connectivity index (χ1) is 6.65. The van der Waals surface area contributed by atoms with Gasteiger partial charge in [0.2, 0.25) is 0 Å². The highest BCUT2D eigenvalue weighted by Gasteiger charge is 2.06. The fourth-order valence-electron chi connectivity index (χ4n) is 1.13. The summed E-state index contributed by atoms with van der Waals surface area (Å²) in [5, 5.41) is 9.25. The number of rotatable bonds is 1. The zero-order valence-corrected chi connectivity index (χ0v) is 7.68. The van der Waals surface area contributed by atoms with Crippen molar-refractivity contribution in [1.82, 2.24) is 0 Å². The minimum absolute atomic E-state index is 0.248. The van der Waals surface area contributed by atoms with Crippen LogP contribution < -0.4 is 4.74 Å². The molecule has 0 amide bonds. The number of ether oxygens (including phenoxy) is 1. The molecule has 1 heterocycles. The lowest BCUT2D eigenvalue weighted by molar-refractivity contribution is 0.146.